The van der Waals surface area contributed by atoms with Crippen molar-refractivity contribution in [1.82, 2.24) is 0 Å². The molecular weight excluding hydrogens is 277 g/mol. The summed E-state index contributed by atoms with van der Waals surface area (Å²) in [5.74, 6) is -0.159. The van der Waals surface area contributed by atoms with Crippen LogP contribution in [0.5, 0.6) is 0 Å². The molecule has 0 unspecified atom stereocenters. The molecule has 0 spiro atoms. The fourth-order valence-corrected chi connectivity index (χ4v) is 3.05. The Labute approximate surface area is 113 Å². The van der Waals surface area contributed by atoms with Gasteiger partial charge in [0.25, 0.3) is 0 Å². The Kier molecular flexibility index (Phi) is 3.43. The summed E-state index contributed by atoms with van der Waals surface area (Å²) < 4.78 is 0.902. The number of hydrogen-bond donors (Lipinski definition) is 1. The van der Waals surface area contributed by atoms with Gasteiger partial charge in [0.2, 0.25) is 0 Å². The minimum Gasteiger partial charge on any atom is -0.399 e. The van der Waals surface area contributed by atoms with E-state index in [2.05, 4.69) is 0 Å². The first kappa shape index (κ1) is 12.4. The van der Waals surface area contributed by atoms with Crippen molar-refractivity contribution >= 4 is 46.0 Å². The zero-order valence-corrected chi connectivity index (χ0v) is 11.3. The number of nitrogen functional groups attached to an aromatic ring is 1. The van der Waals surface area contributed by atoms with Crippen molar-refractivity contribution < 1.29 is 4.79 Å². The van der Waals surface area contributed by atoms with Gasteiger partial charge in [0.05, 0.1) is 9.90 Å². The van der Waals surface area contributed by atoms with E-state index in [1.165, 1.54) is 11.3 Å². The van der Waals surface area contributed by atoms with E-state index in [9.17, 15) is 4.79 Å². The average molecular weight is 286 g/mol. The molecule has 0 saturated heterocycles. The van der Waals surface area contributed by atoms with Gasteiger partial charge >= 0.3 is 0 Å². The maximum Gasteiger partial charge on any atom is 0.195 e. The smallest absolute Gasteiger partial charge is 0.195 e. The lowest BCUT2D eigenvalue weighted by Gasteiger charge is -2.03. The number of ketones is 1. The molecule has 2 aromatic rings. The molecule has 0 atom stereocenters. The Hall–Kier alpha value is -1.03. The number of anilines is 1. The molecule has 0 aliphatic heterocycles. The van der Waals surface area contributed by atoms with Crippen LogP contribution in [0.15, 0.2) is 24.3 Å². The van der Waals surface area contributed by atoms with Gasteiger partial charge in [0.15, 0.2) is 5.78 Å². The first-order chi connectivity index (χ1) is 7.97. The summed E-state index contributed by atoms with van der Waals surface area (Å²) in [5, 5.41) is 0. The van der Waals surface area contributed by atoms with Crippen molar-refractivity contribution in [1.29, 1.82) is 0 Å². The van der Waals surface area contributed by atoms with Gasteiger partial charge in [-0.05, 0) is 36.8 Å². The molecule has 0 aliphatic carbocycles. The Morgan fingerprint density at radius 2 is 1.94 bits per heavy atom. The molecule has 1 heterocycles. The predicted molar refractivity (Wildman–Crippen MR) is 73.4 cm³/mol. The van der Waals surface area contributed by atoms with E-state index in [1.54, 1.807) is 24.3 Å². The molecule has 0 aliphatic rings. The number of nitrogens with two attached hydrogens (primary N) is 1. The molecule has 17 heavy (non-hydrogen) atoms. The SMILES string of the molecule is Cc1cc(N)cc(C(=O)c2cc(Cl)sc2Cl)c1. The second-order valence-corrected chi connectivity index (χ2v) is 5.98. The highest BCUT2D eigenvalue weighted by Gasteiger charge is 2.16. The molecule has 1 aromatic heterocycles. The molecular formula is C12H9Cl2NOS. The van der Waals surface area contributed by atoms with Crippen LogP contribution in [0.3, 0.4) is 0 Å². The van der Waals surface area contributed by atoms with Crippen molar-refractivity contribution in [3.63, 3.8) is 0 Å². The summed E-state index contributed by atoms with van der Waals surface area (Å²) >= 11 is 12.9. The van der Waals surface area contributed by atoms with E-state index in [4.69, 9.17) is 28.9 Å². The first-order valence-electron chi connectivity index (χ1n) is 4.84. The van der Waals surface area contributed by atoms with Crippen molar-refractivity contribution in [3.05, 3.63) is 49.6 Å². The van der Waals surface area contributed by atoms with E-state index in [-0.39, 0.29) is 5.78 Å². The van der Waals surface area contributed by atoms with Crippen molar-refractivity contribution in [3.8, 4) is 0 Å². The first-order valence-corrected chi connectivity index (χ1v) is 6.41. The van der Waals surface area contributed by atoms with Gasteiger partial charge in [0, 0.05) is 11.3 Å². The average Bonchev–Trinajstić information content (AvgIpc) is 2.55. The molecule has 2 rings (SSSR count). The highest BCUT2D eigenvalue weighted by Crippen LogP contribution is 2.32. The van der Waals surface area contributed by atoms with E-state index >= 15 is 0 Å². The monoisotopic (exact) mass is 285 g/mol. The van der Waals surface area contributed by atoms with Gasteiger partial charge in [-0.25, -0.2) is 0 Å². The molecule has 0 fully saturated rings. The molecule has 0 amide bonds. The van der Waals surface area contributed by atoms with Gasteiger partial charge in [-0.3, -0.25) is 4.79 Å². The topological polar surface area (TPSA) is 43.1 Å². The van der Waals surface area contributed by atoms with E-state index < -0.39 is 0 Å². The Balaban J connectivity index is 2.47. The largest absolute Gasteiger partial charge is 0.399 e. The number of rotatable bonds is 2. The quantitative estimate of drug-likeness (QED) is 0.665. The van der Waals surface area contributed by atoms with Crippen molar-refractivity contribution in [2.75, 3.05) is 5.73 Å². The minimum absolute atomic E-state index is 0.159. The molecule has 0 bridgehead atoms. The molecule has 2 N–H and O–H groups in total. The van der Waals surface area contributed by atoms with Crippen LogP contribution >= 0.6 is 34.5 Å². The zero-order chi connectivity index (χ0) is 12.6. The molecule has 2 nitrogen and oxygen atoms in total. The summed E-state index contributed by atoms with van der Waals surface area (Å²) in [6, 6.07) is 6.80. The number of benzene rings is 1. The number of aryl methyl sites for hydroxylation is 1. The summed E-state index contributed by atoms with van der Waals surface area (Å²) in [4.78, 5) is 12.2. The molecule has 5 heteroatoms. The van der Waals surface area contributed by atoms with Crippen LogP contribution in [0.1, 0.15) is 21.5 Å². The molecule has 0 saturated carbocycles. The third kappa shape index (κ3) is 2.63. The second kappa shape index (κ2) is 4.69. The van der Waals surface area contributed by atoms with Crippen LogP contribution in [0.25, 0.3) is 0 Å². The third-order valence-electron chi connectivity index (χ3n) is 2.26. The molecule has 88 valence electrons. The predicted octanol–water partition coefficient (Wildman–Crippen LogP) is 4.18. The fourth-order valence-electron chi connectivity index (χ4n) is 1.59. The van der Waals surface area contributed by atoms with Crippen LogP contribution < -0.4 is 5.73 Å². The third-order valence-corrected chi connectivity index (χ3v) is 3.75. The number of carbonyl (C=O) groups excluding carboxylic acids is 1. The standard InChI is InChI=1S/C12H9Cl2NOS/c1-6-2-7(4-8(15)3-6)11(16)9-5-10(13)17-12(9)14/h2-5H,15H2,1H3. The van der Waals surface area contributed by atoms with Crippen LogP contribution in [-0.2, 0) is 0 Å². The minimum atomic E-state index is -0.159. The number of carbonyl (C=O) groups is 1. The summed E-state index contributed by atoms with van der Waals surface area (Å²) in [6.07, 6.45) is 0. The maximum absolute atomic E-state index is 12.2. The van der Waals surface area contributed by atoms with E-state index in [0.29, 0.717) is 25.5 Å². The van der Waals surface area contributed by atoms with Crippen LogP contribution in [0.4, 0.5) is 5.69 Å². The lowest BCUT2D eigenvalue weighted by Crippen LogP contribution is -2.02. The highest BCUT2D eigenvalue weighted by atomic mass is 35.5. The van der Waals surface area contributed by atoms with Gasteiger partial charge in [-0.15, -0.1) is 11.3 Å². The summed E-state index contributed by atoms with van der Waals surface area (Å²) in [5.41, 5.74) is 8.16. The van der Waals surface area contributed by atoms with Gasteiger partial charge in [-0.1, -0.05) is 23.2 Å². The molecule has 1 aromatic carbocycles. The van der Waals surface area contributed by atoms with E-state index in [0.717, 1.165) is 5.56 Å². The second-order valence-electron chi connectivity index (χ2n) is 3.70. The van der Waals surface area contributed by atoms with Crippen molar-refractivity contribution in [2.45, 2.75) is 6.92 Å². The summed E-state index contributed by atoms with van der Waals surface area (Å²) in [6.45, 7) is 1.88. The Morgan fingerprint density at radius 3 is 2.47 bits per heavy atom. The number of thiophene rings is 1. The van der Waals surface area contributed by atoms with Gasteiger partial charge < -0.3 is 5.73 Å². The number of hydrogen-bond acceptors (Lipinski definition) is 3. The number of halogens is 2. The van der Waals surface area contributed by atoms with Crippen LogP contribution in [0.2, 0.25) is 8.67 Å². The lowest BCUT2D eigenvalue weighted by atomic mass is 10.0. The highest BCUT2D eigenvalue weighted by molar-refractivity contribution is 7.20. The van der Waals surface area contributed by atoms with Crippen molar-refractivity contribution in [2.24, 2.45) is 0 Å². The van der Waals surface area contributed by atoms with Crippen LogP contribution in [-0.4, -0.2) is 5.78 Å². The lowest BCUT2D eigenvalue weighted by molar-refractivity contribution is 0.103. The maximum atomic E-state index is 12.2. The Morgan fingerprint density at radius 1 is 1.24 bits per heavy atom. The zero-order valence-electron chi connectivity index (χ0n) is 8.96. The fraction of sp³-hybridized carbons (Fsp3) is 0.0833. The van der Waals surface area contributed by atoms with Gasteiger partial charge in [-0.2, -0.15) is 0 Å². The normalized spacial score (nSPS) is 10.5. The Bertz CT molecular complexity index is 572. The van der Waals surface area contributed by atoms with Crippen LogP contribution in [0, 0.1) is 6.92 Å². The summed E-state index contributed by atoms with van der Waals surface area (Å²) in [7, 11) is 0. The molecule has 0 radical (unpaired) electrons. The van der Waals surface area contributed by atoms with E-state index in [1.807, 2.05) is 6.92 Å². The van der Waals surface area contributed by atoms with Gasteiger partial charge in [0.1, 0.15) is 4.34 Å².